The predicted molar refractivity (Wildman–Crippen MR) is 127 cm³/mol. The first-order valence-corrected chi connectivity index (χ1v) is 12.1. The molecule has 0 unspecified atom stereocenters. The van der Waals surface area contributed by atoms with Gasteiger partial charge in [0, 0.05) is 36.6 Å². The summed E-state index contributed by atoms with van der Waals surface area (Å²) in [7, 11) is -2.55. The number of anilines is 1. The number of benzene rings is 3. The summed E-state index contributed by atoms with van der Waals surface area (Å²) < 4.78 is 55.8. The molecule has 1 heterocycles. The van der Waals surface area contributed by atoms with Crippen LogP contribution >= 0.6 is 0 Å². The van der Waals surface area contributed by atoms with Crippen LogP contribution in [0, 0.1) is 11.6 Å². The van der Waals surface area contributed by atoms with E-state index in [4.69, 9.17) is 0 Å². The van der Waals surface area contributed by atoms with Gasteiger partial charge in [-0.15, -0.1) is 0 Å². The molecule has 0 saturated carbocycles. The highest BCUT2D eigenvalue weighted by molar-refractivity contribution is 7.92. The van der Waals surface area contributed by atoms with Gasteiger partial charge >= 0.3 is 0 Å². The van der Waals surface area contributed by atoms with Gasteiger partial charge in [0.25, 0.3) is 15.9 Å². The zero-order chi connectivity index (χ0) is 25.0. The van der Waals surface area contributed by atoms with Gasteiger partial charge in [-0.1, -0.05) is 36.4 Å². The topological polar surface area (TPSA) is 84.3 Å². The third-order valence-corrected chi connectivity index (χ3v) is 6.58. The van der Waals surface area contributed by atoms with Crippen molar-refractivity contribution in [2.75, 3.05) is 11.8 Å². The molecular formula is C25H22F2N4O3S. The van der Waals surface area contributed by atoms with Gasteiger partial charge in [-0.05, 0) is 42.0 Å². The maximum atomic E-state index is 13.5. The fraction of sp³-hybridized carbons (Fsp3) is 0.120. The lowest BCUT2D eigenvalue weighted by Crippen LogP contribution is -2.26. The Bertz CT molecular complexity index is 1460. The highest BCUT2D eigenvalue weighted by Crippen LogP contribution is 2.20. The van der Waals surface area contributed by atoms with Crippen molar-refractivity contribution in [3.8, 4) is 0 Å². The number of nitrogens with one attached hydrogen (secondary N) is 1. The molecule has 0 fully saturated rings. The zero-order valence-corrected chi connectivity index (χ0v) is 19.5. The Morgan fingerprint density at radius 2 is 1.74 bits per heavy atom. The minimum absolute atomic E-state index is 0.115. The van der Waals surface area contributed by atoms with Gasteiger partial charge in [0.05, 0.1) is 17.6 Å². The van der Waals surface area contributed by atoms with E-state index >= 15 is 0 Å². The number of carbonyl (C=O) groups is 1. The van der Waals surface area contributed by atoms with Crippen LogP contribution in [0.25, 0.3) is 0 Å². The van der Waals surface area contributed by atoms with E-state index in [2.05, 4.69) is 9.82 Å². The summed E-state index contributed by atoms with van der Waals surface area (Å²) in [5.74, 6) is -2.75. The maximum absolute atomic E-state index is 13.5. The van der Waals surface area contributed by atoms with E-state index in [9.17, 15) is 22.0 Å². The number of carbonyl (C=O) groups excluding carboxylic acids is 1. The highest BCUT2D eigenvalue weighted by Gasteiger charge is 2.18. The van der Waals surface area contributed by atoms with Gasteiger partial charge in [-0.3, -0.25) is 14.2 Å². The van der Waals surface area contributed by atoms with Crippen LogP contribution < -0.4 is 4.72 Å². The van der Waals surface area contributed by atoms with Crippen molar-refractivity contribution >= 4 is 21.6 Å². The van der Waals surface area contributed by atoms with Gasteiger partial charge in [-0.25, -0.2) is 17.2 Å². The number of hydrogen-bond acceptors (Lipinski definition) is 4. The number of halogens is 2. The molecule has 0 radical (unpaired) electrons. The summed E-state index contributed by atoms with van der Waals surface area (Å²) in [5, 5.41) is 4.34. The summed E-state index contributed by atoms with van der Waals surface area (Å²) in [6, 6.07) is 18.1. The number of hydrogen-bond donors (Lipinski definition) is 1. The highest BCUT2D eigenvalue weighted by atomic mass is 32.2. The molecule has 10 heteroatoms. The lowest BCUT2D eigenvalue weighted by molar-refractivity contribution is 0.0785. The molecule has 1 amide bonds. The lowest BCUT2D eigenvalue weighted by Gasteiger charge is -2.17. The first-order chi connectivity index (χ1) is 16.7. The van der Waals surface area contributed by atoms with Crippen LogP contribution in [0.5, 0.6) is 0 Å². The summed E-state index contributed by atoms with van der Waals surface area (Å²) >= 11 is 0. The van der Waals surface area contributed by atoms with Crippen LogP contribution in [0.2, 0.25) is 0 Å². The van der Waals surface area contributed by atoms with E-state index in [0.29, 0.717) is 19.2 Å². The van der Waals surface area contributed by atoms with Gasteiger partial charge in [-0.2, -0.15) is 5.10 Å². The molecular weight excluding hydrogens is 474 g/mol. The predicted octanol–water partition coefficient (Wildman–Crippen LogP) is 4.28. The summed E-state index contributed by atoms with van der Waals surface area (Å²) in [4.78, 5) is 14.0. The fourth-order valence-electron chi connectivity index (χ4n) is 3.48. The molecule has 4 aromatic rings. The van der Waals surface area contributed by atoms with E-state index in [0.717, 1.165) is 23.3 Å². The van der Waals surface area contributed by atoms with Crippen molar-refractivity contribution in [1.29, 1.82) is 0 Å². The molecule has 0 aliphatic rings. The summed E-state index contributed by atoms with van der Waals surface area (Å²) in [5.41, 5.74) is 2.32. The van der Waals surface area contributed by atoms with E-state index in [-0.39, 0.29) is 17.2 Å². The molecule has 0 bridgehead atoms. The average Bonchev–Trinajstić information content (AvgIpc) is 3.27. The average molecular weight is 497 g/mol. The Morgan fingerprint density at radius 1 is 0.971 bits per heavy atom. The van der Waals surface area contributed by atoms with Gasteiger partial charge in [0.2, 0.25) is 0 Å². The van der Waals surface area contributed by atoms with Crippen molar-refractivity contribution in [2.24, 2.45) is 0 Å². The molecule has 7 nitrogen and oxygen atoms in total. The second-order valence-electron chi connectivity index (χ2n) is 7.96. The molecule has 1 N–H and O–H groups in total. The SMILES string of the molecule is CN(Cc1cnn(Cc2ccccc2)c1)C(=O)c1cccc(NS(=O)(=O)c2ccc(F)c(F)c2)c1. The lowest BCUT2D eigenvalue weighted by atomic mass is 10.1. The van der Waals surface area contributed by atoms with Crippen molar-refractivity contribution in [1.82, 2.24) is 14.7 Å². The van der Waals surface area contributed by atoms with Gasteiger partial charge in [0.15, 0.2) is 11.6 Å². The monoisotopic (exact) mass is 496 g/mol. The first kappa shape index (κ1) is 24.1. The first-order valence-electron chi connectivity index (χ1n) is 10.6. The number of sulfonamides is 1. The van der Waals surface area contributed by atoms with Crippen LogP contribution in [-0.2, 0) is 23.1 Å². The second kappa shape index (κ2) is 10.1. The summed E-state index contributed by atoms with van der Waals surface area (Å²) in [6.07, 6.45) is 3.56. The Kier molecular flexibility index (Phi) is 6.92. The van der Waals surface area contributed by atoms with Crippen molar-refractivity contribution in [2.45, 2.75) is 18.0 Å². The zero-order valence-electron chi connectivity index (χ0n) is 18.7. The molecule has 180 valence electrons. The van der Waals surface area contributed by atoms with Crippen LogP contribution in [0.3, 0.4) is 0 Å². The molecule has 0 saturated heterocycles. The molecule has 0 aliphatic heterocycles. The molecule has 1 aromatic heterocycles. The summed E-state index contributed by atoms with van der Waals surface area (Å²) in [6.45, 7) is 0.914. The van der Waals surface area contributed by atoms with E-state index in [1.807, 2.05) is 36.5 Å². The normalized spacial score (nSPS) is 11.3. The van der Waals surface area contributed by atoms with Gasteiger partial charge < -0.3 is 4.90 Å². The van der Waals surface area contributed by atoms with Crippen LogP contribution in [-0.4, -0.2) is 36.1 Å². The number of aromatic nitrogens is 2. The quantitative estimate of drug-likeness (QED) is 0.395. The van der Waals surface area contributed by atoms with E-state index < -0.39 is 26.6 Å². The maximum Gasteiger partial charge on any atom is 0.261 e. The van der Waals surface area contributed by atoms with Crippen molar-refractivity contribution < 1.29 is 22.0 Å². The second-order valence-corrected chi connectivity index (χ2v) is 9.64. The number of amides is 1. The molecule has 0 atom stereocenters. The standard InChI is InChI=1S/C25H22F2N4O3S/c1-30(15-19-14-28-31(17-19)16-18-6-3-2-4-7-18)25(32)20-8-5-9-21(12-20)29-35(33,34)22-10-11-23(26)24(27)13-22/h2-14,17,29H,15-16H2,1H3. The largest absolute Gasteiger partial charge is 0.337 e. The van der Waals surface area contributed by atoms with Crippen molar-refractivity contribution in [3.63, 3.8) is 0 Å². The smallest absolute Gasteiger partial charge is 0.261 e. The van der Waals surface area contributed by atoms with E-state index in [1.54, 1.807) is 24.0 Å². The van der Waals surface area contributed by atoms with Crippen LogP contribution in [0.15, 0.2) is 90.1 Å². The number of nitrogens with zero attached hydrogens (tertiary/aromatic N) is 3. The minimum atomic E-state index is -4.18. The fourth-order valence-corrected chi connectivity index (χ4v) is 4.55. The van der Waals surface area contributed by atoms with Crippen LogP contribution in [0.1, 0.15) is 21.5 Å². The van der Waals surface area contributed by atoms with Crippen molar-refractivity contribution in [3.05, 3.63) is 114 Å². The van der Waals surface area contributed by atoms with Crippen LogP contribution in [0.4, 0.5) is 14.5 Å². The molecule has 0 spiro atoms. The van der Waals surface area contributed by atoms with Gasteiger partial charge in [0.1, 0.15) is 0 Å². The Morgan fingerprint density at radius 3 is 2.49 bits per heavy atom. The molecule has 35 heavy (non-hydrogen) atoms. The number of rotatable bonds is 8. The molecule has 0 aliphatic carbocycles. The molecule has 3 aromatic carbocycles. The molecule has 4 rings (SSSR count). The third kappa shape index (κ3) is 5.90. The Balaban J connectivity index is 1.43. The third-order valence-electron chi connectivity index (χ3n) is 5.20. The Labute approximate surface area is 201 Å². The minimum Gasteiger partial charge on any atom is -0.337 e. The van der Waals surface area contributed by atoms with E-state index in [1.165, 1.54) is 23.1 Å². The Hall–Kier alpha value is -4.05.